The number of aromatic nitrogens is 6. The number of benzene rings is 2. The molecule has 13 nitrogen and oxygen atoms in total. The monoisotopic (exact) mass is 478 g/mol. The van der Waals surface area contributed by atoms with Gasteiger partial charge in [-0.15, -0.1) is 5.10 Å². The number of aliphatic hydroxyl groups excluding tert-OH is 1. The Balaban J connectivity index is 1.52. The van der Waals surface area contributed by atoms with Crippen molar-refractivity contribution in [2.45, 2.75) is 10.1 Å². The number of carbonyl (C=O) groups is 1. The second-order valence-electron chi connectivity index (χ2n) is 6.74. The number of aliphatic hydroxyl groups is 1. The number of nitro benzene ring substituents is 1. The van der Waals surface area contributed by atoms with Crippen LogP contribution in [0.15, 0.2) is 58.3 Å². The number of carbonyl (C=O) groups excluding carboxylic acids is 1. The fourth-order valence-corrected chi connectivity index (χ4v) is 3.71. The maximum absolute atomic E-state index is 12.5. The highest BCUT2D eigenvalue weighted by Crippen LogP contribution is 2.34. The van der Waals surface area contributed by atoms with Gasteiger partial charge in [0.1, 0.15) is 18.2 Å². The zero-order valence-electron chi connectivity index (χ0n) is 17.4. The second kappa shape index (κ2) is 9.38. The molecular weight excluding hydrogens is 464 g/mol. The van der Waals surface area contributed by atoms with Crippen LogP contribution < -0.4 is 0 Å². The summed E-state index contributed by atoms with van der Waals surface area (Å²) in [6.07, 6.45) is 0. The molecule has 0 atom stereocenters. The fraction of sp³-hybridized carbons (Fsp3) is 0.100. The van der Waals surface area contributed by atoms with E-state index >= 15 is 0 Å². The number of rotatable bonds is 7. The maximum atomic E-state index is 12.5. The topological polar surface area (TPSA) is 186 Å². The van der Waals surface area contributed by atoms with E-state index in [4.69, 9.17) is 4.74 Å². The summed E-state index contributed by atoms with van der Waals surface area (Å²) in [6.45, 7) is -0.631. The average molecular weight is 478 g/mol. The number of hydrogen-bond donors (Lipinski definition) is 2. The van der Waals surface area contributed by atoms with Gasteiger partial charge in [0.2, 0.25) is 5.16 Å². The molecule has 2 aromatic carbocycles. The van der Waals surface area contributed by atoms with Crippen LogP contribution in [0.4, 0.5) is 5.69 Å². The molecule has 0 bridgehead atoms. The van der Waals surface area contributed by atoms with Crippen LogP contribution in [0.3, 0.4) is 0 Å². The summed E-state index contributed by atoms with van der Waals surface area (Å²) in [6, 6.07) is 12.7. The largest absolute Gasteiger partial charge is 0.507 e. The van der Waals surface area contributed by atoms with Gasteiger partial charge in [0, 0.05) is 13.1 Å². The van der Waals surface area contributed by atoms with E-state index in [1.54, 1.807) is 31.3 Å². The lowest BCUT2D eigenvalue weighted by atomic mass is 10.2. The van der Waals surface area contributed by atoms with Crippen molar-refractivity contribution in [2.75, 3.05) is 6.61 Å². The summed E-state index contributed by atoms with van der Waals surface area (Å²) in [7, 11) is 1.58. The van der Waals surface area contributed by atoms with Gasteiger partial charge in [0.05, 0.1) is 26.4 Å². The Bertz CT molecular complexity index is 1450. The van der Waals surface area contributed by atoms with Gasteiger partial charge in [-0.2, -0.15) is 5.26 Å². The predicted octanol–water partition coefficient (Wildman–Crippen LogP) is 2.80. The van der Waals surface area contributed by atoms with Gasteiger partial charge >= 0.3 is 5.97 Å². The van der Waals surface area contributed by atoms with Crippen LogP contribution >= 0.6 is 11.8 Å². The van der Waals surface area contributed by atoms with Crippen molar-refractivity contribution in [1.82, 2.24) is 30.2 Å². The summed E-state index contributed by atoms with van der Waals surface area (Å²) in [5.41, 5.74) is 0.609. The number of esters is 1. The molecule has 34 heavy (non-hydrogen) atoms. The highest BCUT2D eigenvalue weighted by Gasteiger charge is 2.22. The van der Waals surface area contributed by atoms with E-state index in [9.17, 15) is 25.3 Å². The minimum absolute atomic E-state index is 0.109. The molecule has 2 heterocycles. The molecule has 0 saturated carbocycles. The molecule has 2 aromatic heterocycles. The number of nitriles is 1. The lowest BCUT2D eigenvalue weighted by Gasteiger charge is -2.07. The van der Waals surface area contributed by atoms with Crippen LogP contribution in [-0.2, 0) is 11.8 Å². The highest BCUT2D eigenvalue weighted by atomic mass is 32.2. The van der Waals surface area contributed by atoms with E-state index in [1.807, 2.05) is 6.07 Å². The Morgan fingerprint density at radius 3 is 2.82 bits per heavy atom. The Kier molecular flexibility index (Phi) is 6.19. The van der Waals surface area contributed by atoms with Crippen LogP contribution in [0.2, 0.25) is 0 Å². The van der Waals surface area contributed by atoms with Crippen LogP contribution in [0.25, 0.3) is 16.6 Å². The van der Waals surface area contributed by atoms with E-state index in [1.165, 1.54) is 16.8 Å². The number of hydrogen-bond acceptors (Lipinski definition) is 11. The third-order valence-electron chi connectivity index (χ3n) is 4.54. The molecule has 0 unspecified atom stereocenters. The molecule has 0 fully saturated rings. The second-order valence-corrected chi connectivity index (χ2v) is 7.75. The van der Waals surface area contributed by atoms with Gasteiger partial charge in [-0.25, -0.2) is 14.5 Å². The molecule has 0 spiro atoms. The Morgan fingerprint density at radius 2 is 2.15 bits per heavy atom. The zero-order valence-corrected chi connectivity index (χ0v) is 18.2. The number of nitro groups is 1. The third-order valence-corrected chi connectivity index (χ3v) is 5.63. The number of aryl methyl sites for hydroxylation is 1. The zero-order chi connectivity index (χ0) is 24.2. The molecular formula is C20H14N8O5S. The number of imidazole rings is 1. The first-order valence-electron chi connectivity index (χ1n) is 9.50. The SMILES string of the molecule is Cn1nnnc1Sc1ccc(C(=O)OC/C(O)=C(\C#N)c2nc3ccccc3[nH]2)cc1[N+](=O)[O-]. The number of allylic oxidation sites excluding steroid dienone is 1. The van der Waals surface area contributed by atoms with Crippen molar-refractivity contribution >= 4 is 40.0 Å². The minimum atomic E-state index is -0.923. The first-order valence-corrected chi connectivity index (χ1v) is 10.3. The standard InChI is InChI=1S/C20H14N8O5S/c1-27-20(24-25-26-27)34-17-7-6-11(8-15(17)28(31)32)19(30)33-10-16(29)12(9-21)18-22-13-4-2-3-5-14(13)23-18/h2-8,29H,10H2,1H3,(H,22,23)/b16-12-. The summed E-state index contributed by atoms with van der Waals surface area (Å²) in [5.74, 6) is -1.33. The van der Waals surface area contributed by atoms with Gasteiger partial charge in [0.15, 0.2) is 11.6 Å². The summed E-state index contributed by atoms with van der Waals surface area (Å²) in [4.78, 5) is 30.7. The minimum Gasteiger partial charge on any atom is -0.507 e. The molecule has 0 aliphatic carbocycles. The van der Waals surface area contributed by atoms with E-state index in [0.717, 1.165) is 17.8 Å². The molecule has 170 valence electrons. The molecule has 4 rings (SSSR count). The van der Waals surface area contributed by atoms with Gasteiger partial charge in [-0.3, -0.25) is 10.1 Å². The number of tetrazole rings is 1. The van der Waals surface area contributed by atoms with Crippen molar-refractivity contribution in [1.29, 1.82) is 5.26 Å². The molecule has 14 heteroatoms. The lowest BCUT2D eigenvalue weighted by molar-refractivity contribution is -0.387. The fourth-order valence-electron chi connectivity index (χ4n) is 2.89. The number of para-hydroxylation sites is 2. The molecule has 0 aliphatic heterocycles. The Labute approximate surface area is 194 Å². The van der Waals surface area contributed by atoms with Crippen LogP contribution in [0, 0.1) is 21.4 Å². The molecule has 0 saturated heterocycles. The molecule has 2 N–H and O–H groups in total. The number of nitrogens with one attached hydrogen (secondary N) is 1. The maximum Gasteiger partial charge on any atom is 0.338 e. The normalized spacial score (nSPS) is 11.6. The quantitative estimate of drug-likeness (QED) is 0.131. The van der Waals surface area contributed by atoms with Crippen molar-refractivity contribution < 1.29 is 19.6 Å². The molecule has 0 aliphatic rings. The van der Waals surface area contributed by atoms with Gasteiger partial charge < -0.3 is 14.8 Å². The smallest absolute Gasteiger partial charge is 0.338 e. The average Bonchev–Trinajstić information content (AvgIpc) is 3.43. The third kappa shape index (κ3) is 4.54. The molecule has 4 aromatic rings. The van der Waals surface area contributed by atoms with Crippen molar-refractivity contribution in [3.05, 3.63) is 69.7 Å². The van der Waals surface area contributed by atoms with Crippen LogP contribution in [0.1, 0.15) is 16.2 Å². The Morgan fingerprint density at radius 1 is 1.35 bits per heavy atom. The van der Waals surface area contributed by atoms with Crippen LogP contribution in [0.5, 0.6) is 0 Å². The summed E-state index contributed by atoms with van der Waals surface area (Å²) in [5, 5.41) is 42.5. The predicted molar refractivity (Wildman–Crippen MR) is 118 cm³/mol. The molecule has 0 amide bonds. The van der Waals surface area contributed by atoms with E-state index in [0.29, 0.717) is 16.2 Å². The number of nitrogens with zero attached hydrogens (tertiary/aromatic N) is 7. The number of ether oxygens (including phenoxy) is 1. The number of aromatic amines is 1. The Hall–Kier alpha value is -4.77. The lowest BCUT2D eigenvalue weighted by Crippen LogP contribution is -2.10. The number of fused-ring (bicyclic) bond motifs is 1. The van der Waals surface area contributed by atoms with Crippen molar-refractivity contribution in [3.8, 4) is 6.07 Å². The highest BCUT2D eigenvalue weighted by molar-refractivity contribution is 7.99. The first kappa shape index (κ1) is 22.4. The van der Waals surface area contributed by atoms with Gasteiger partial charge in [0.25, 0.3) is 5.69 Å². The summed E-state index contributed by atoms with van der Waals surface area (Å²) < 4.78 is 6.41. The first-order chi connectivity index (χ1) is 16.4. The van der Waals surface area contributed by atoms with E-state index in [2.05, 4.69) is 25.5 Å². The van der Waals surface area contributed by atoms with Gasteiger partial charge in [-0.05, 0) is 46.5 Å². The van der Waals surface area contributed by atoms with E-state index < -0.39 is 23.3 Å². The van der Waals surface area contributed by atoms with E-state index in [-0.39, 0.29) is 27.5 Å². The van der Waals surface area contributed by atoms with Gasteiger partial charge in [-0.1, -0.05) is 12.1 Å². The number of H-pyrrole nitrogens is 1. The molecule has 0 radical (unpaired) electrons. The summed E-state index contributed by atoms with van der Waals surface area (Å²) >= 11 is 0.960. The van der Waals surface area contributed by atoms with Crippen molar-refractivity contribution in [2.24, 2.45) is 7.05 Å². The van der Waals surface area contributed by atoms with Crippen molar-refractivity contribution in [3.63, 3.8) is 0 Å². The van der Waals surface area contributed by atoms with Crippen LogP contribution in [-0.4, -0.2) is 52.8 Å².